The zero-order valence-electron chi connectivity index (χ0n) is 9.94. The molecule has 1 N–H and O–H groups in total. The zero-order chi connectivity index (χ0) is 13.7. The second-order valence-electron chi connectivity index (χ2n) is 3.48. The minimum absolute atomic E-state index is 0.236. The molecule has 0 amide bonds. The number of tetrazole rings is 1. The Morgan fingerprint density at radius 2 is 1.95 bits per heavy atom. The summed E-state index contributed by atoms with van der Waals surface area (Å²) in [6.45, 7) is 1.79. The van der Waals surface area contributed by atoms with Crippen LogP contribution < -0.4 is 5.43 Å². The van der Waals surface area contributed by atoms with Gasteiger partial charge in [-0.25, -0.2) is 0 Å². The first-order valence-electron chi connectivity index (χ1n) is 5.24. The van der Waals surface area contributed by atoms with E-state index in [2.05, 4.69) is 26.1 Å². The van der Waals surface area contributed by atoms with E-state index in [0.29, 0.717) is 11.5 Å². The molecule has 0 atom stereocenters. The van der Waals surface area contributed by atoms with Gasteiger partial charge in [-0.1, -0.05) is 0 Å². The van der Waals surface area contributed by atoms with Crippen molar-refractivity contribution in [2.75, 3.05) is 5.43 Å². The van der Waals surface area contributed by atoms with Crippen LogP contribution in [-0.2, 0) is 0 Å². The van der Waals surface area contributed by atoms with Crippen LogP contribution in [0.3, 0.4) is 0 Å². The molecular weight excluding hydrogens is 244 g/mol. The van der Waals surface area contributed by atoms with Crippen LogP contribution in [0.1, 0.15) is 5.82 Å². The number of hydrogen-bond donors (Lipinski definition) is 1. The van der Waals surface area contributed by atoms with Gasteiger partial charge in [0.15, 0.2) is 5.82 Å². The normalized spacial score (nSPS) is 9.21. The van der Waals surface area contributed by atoms with Gasteiger partial charge in [0.05, 0.1) is 11.4 Å². The molecule has 19 heavy (non-hydrogen) atoms. The van der Waals surface area contributed by atoms with Crippen LogP contribution >= 0.6 is 0 Å². The van der Waals surface area contributed by atoms with Crippen LogP contribution in [0.2, 0.25) is 0 Å². The lowest BCUT2D eigenvalue weighted by atomic mass is 10.3. The van der Waals surface area contributed by atoms with Gasteiger partial charge in [-0.2, -0.15) is 20.3 Å². The molecule has 1 aromatic carbocycles. The Bertz CT molecular complexity index is 667. The highest BCUT2D eigenvalue weighted by atomic mass is 15.5. The third kappa shape index (κ3) is 2.70. The van der Waals surface area contributed by atoms with Crippen molar-refractivity contribution in [3.05, 3.63) is 30.1 Å². The van der Waals surface area contributed by atoms with Gasteiger partial charge in [0.25, 0.3) is 0 Å². The van der Waals surface area contributed by atoms with Gasteiger partial charge < -0.3 is 0 Å². The molecule has 2 rings (SSSR count). The number of nitrogens with one attached hydrogen (secondary N) is 1. The van der Waals surface area contributed by atoms with Gasteiger partial charge in [-0.3, -0.25) is 5.43 Å². The molecule has 0 saturated heterocycles. The summed E-state index contributed by atoms with van der Waals surface area (Å²) in [5.74, 6) is 0.676. The number of aromatic nitrogens is 4. The third-order valence-electron chi connectivity index (χ3n) is 2.25. The molecule has 0 aliphatic carbocycles. The second-order valence-corrected chi connectivity index (χ2v) is 3.48. The average Bonchev–Trinajstić information content (AvgIpc) is 2.87. The maximum absolute atomic E-state index is 8.53. The summed E-state index contributed by atoms with van der Waals surface area (Å²) in [5.41, 5.74) is 3.83. The van der Waals surface area contributed by atoms with Gasteiger partial charge in [-0.15, -0.1) is 5.10 Å². The van der Waals surface area contributed by atoms with Crippen molar-refractivity contribution < 1.29 is 0 Å². The first-order valence-corrected chi connectivity index (χ1v) is 5.24. The van der Waals surface area contributed by atoms with E-state index in [-0.39, 0.29) is 5.71 Å². The molecule has 0 aliphatic rings. The molecule has 8 nitrogen and oxygen atoms in total. The van der Waals surface area contributed by atoms with Crippen LogP contribution in [0.5, 0.6) is 0 Å². The molecule has 0 bridgehead atoms. The topological polar surface area (TPSA) is 116 Å². The molecular formula is C11H8N8. The van der Waals surface area contributed by atoms with Crippen molar-refractivity contribution in [1.29, 1.82) is 10.5 Å². The molecule has 8 heteroatoms. The predicted octanol–water partition coefficient (Wildman–Crippen LogP) is 0.786. The van der Waals surface area contributed by atoms with E-state index < -0.39 is 0 Å². The second kappa shape index (κ2) is 5.38. The monoisotopic (exact) mass is 252 g/mol. The lowest BCUT2D eigenvalue weighted by Crippen LogP contribution is -2.00. The lowest BCUT2D eigenvalue weighted by molar-refractivity contribution is 0.779. The summed E-state index contributed by atoms with van der Waals surface area (Å²) in [6.07, 6.45) is 0. The maximum atomic E-state index is 8.53. The van der Waals surface area contributed by atoms with Crippen LogP contribution in [0, 0.1) is 29.6 Å². The molecule has 0 unspecified atom stereocenters. The minimum atomic E-state index is -0.236. The van der Waals surface area contributed by atoms with Gasteiger partial charge in [0, 0.05) is 0 Å². The summed E-state index contributed by atoms with van der Waals surface area (Å²) >= 11 is 0. The molecule has 0 saturated carbocycles. The maximum Gasteiger partial charge on any atom is 0.237 e. The number of rotatable bonds is 3. The summed E-state index contributed by atoms with van der Waals surface area (Å²) in [6, 6.07) is 10.4. The number of nitrogens with zero attached hydrogens (tertiary/aromatic N) is 7. The van der Waals surface area contributed by atoms with Gasteiger partial charge in [-0.05, 0) is 41.6 Å². The van der Waals surface area contributed by atoms with Crippen LogP contribution in [0.25, 0.3) is 5.69 Å². The fourth-order valence-corrected chi connectivity index (χ4v) is 1.34. The number of benzene rings is 1. The van der Waals surface area contributed by atoms with Crippen molar-refractivity contribution in [1.82, 2.24) is 20.2 Å². The molecule has 1 aromatic heterocycles. The van der Waals surface area contributed by atoms with Crippen molar-refractivity contribution in [3.63, 3.8) is 0 Å². The first kappa shape index (κ1) is 12.2. The van der Waals surface area contributed by atoms with Crippen molar-refractivity contribution >= 4 is 11.4 Å². The highest BCUT2D eigenvalue weighted by Gasteiger charge is 2.02. The van der Waals surface area contributed by atoms with Crippen molar-refractivity contribution in [2.24, 2.45) is 5.10 Å². The van der Waals surface area contributed by atoms with E-state index in [4.69, 9.17) is 10.5 Å². The zero-order valence-corrected chi connectivity index (χ0v) is 9.94. The summed E-state index contributed by atoms with van der Waals surface area (Å²) < 4.78 is 1.59. The summed E-state index contributed by atoms with van der Waals surface area (Å²) in [5, 5.41) is 31.9. The fraction of sp³-hybridized carbons (Fsp3) is 0.0909. The SMILES string of the molecule is Cc1nnnn1-c1ccc(NN=C(C#N)C#N)cc1. The van der Waals surface area contributed by atoms with Crippen LogP contribution in [0.15, 0.2) is 29.4 Å². The van der Waals surface area contributed by atoms with Crippen molar-refractivity contribution in [3.8, 4) is 17.8 Å². The standard InChI is InChI=1S/C11H8N8/c1-8-14-17-18-19(8)11-4-2-9(3-5-11)15-16-10(6-12)7-13/h2-5,15H,1H3. The largest absolute Gasteiger partial charge is 0.277 e. The Balaban J connectivity index is 2.17. The predicted molar refractivity (Wildman–Crippen MR) is 66.2 cm³/mol. The van der Waals surface area contributed by atoms with E-state index in [1.165, 1.54) is 0 Å². The van der Waals surface area contributed by atoms with E-state index in [1.54, 1.807) is 48.0 Å². The Hall–Kier alpha value is -3.26. The van der Waals surface area contributed by atoms with E-state index in [1.807, 2.05) is 0 Å². The Morgan fingerprint density at radius 1 is 1.26 bits per heavy atom. The molecule has 0 fully saturated rings. The lowest BCUT2D eigenvalue weighted by Gasteiger charge is -2.03. The van der Waals surface area contributed by atoms with Gasteiger partial charge in [0.2, 0.25) is 5.71 Å². The Morgan fingerprint density at radius 3 is 2.47 bits per heavy atom. The van der Waals surface area contributed by atoms with E-state index in [9.17, 15) is 0 Å². The smallest absolute Gasteiger partial charge is 0.237 e. The fourth-order valence-electron chi connectivity index (χ4n) is 1.34. The van der Waals surface area contributed by atoms with Gasteiger partial charge >= 0.3 is 0 Å². The Kier molecular flexibility index (Phi) is 3.46. The van der Waals surface area contributed by atoms with Crippen molar-refractivity contribution in [2.45, 2.75) is 6.92 Å². The van der Waals surface area contributed by atoms with Crippen LogP contribution in [0.4, 0.5) is 5.69 Å². The summed E-state index contributed by atoms with van der Waals surface area (Å²) in [4.78, 5) is 0. The molecule has 1 heterocycles. The third-order valence-corrected chi connectivity index (χ3v) is 2.25. The number of hydrogen-bond acceptors (Lipinski definition) is 7. The molecule has 0 aliphatic heterocycles. The van der Waals surface area contributed by atoms with Crippen LogP contribution in [-0.4, -0.2) is 25.9 Å². The molecule has 0 radical (unpaired) electrons. The highest BCUT2D eigenvalue weighted by molar-refractivity contribution is 6.10. The first-order chi connectivity index (χ1) is 9.24. The number of aryl methyl sites for hydroxylation is 1. The number of nitriles is 2. The minimum Gasteiger partial charge on any atom is -0.277 e. The molecule has 0 spiro atoms. The molecule has 2 aromatic rings. The Labute approximate surface area is 108 Å². The molecule has 92 valence electrons. The quantitative estimate of drug-likeness (QED) is 0.637. The van der Waals surface area contributed by atoms with E-state index >= 15 is 0 Å². The van der Waals surface area contributed by atoms with Gasteiger partial charge in [0.1, 0.15) is 12.1 Å². The highest BCUT2D eigenvalue weighted by Crippen LogP contribution is 2.13. The summed E-state index contributed by atoms with van der Waals surface area (Å²) in [7, 11) is 0. The number of hydrazone groups is 1. The van der Waals surface area contributed by atoms with E-state index in [0.717, 1.165) is 5.69 Å². The number of anilines is 1. The average molecular weight is 252 g/mol.